The highest BCUT2D eigenvalue weighted by Gasteiger charge is 2.16. The van der Waals surface area contributed by atoms with Gasteiger partial charge in [0.1, 0.15) is 5.71 Å². The van der Waals surface area contributed by atoms with Gasteiger partial charge >= 0.3 is 5.97 Å². The maximum Gasteiger partial charge on any atom is 0.365 e. The zero-order valence-electron chi connectivity index (χ0n) is 16.2. The topological polar surface area (TPSA) is 41.9 Å². The Balaban J connectivity index is 2.03. The quantitative estimate of drug-likeness (QED) is 0.327. The van der Waals surface area contributed by atoms with E-state index in [9.17, 15) is 4.79 Å². The number of nitrogens with zero attached hydrogens (tertiary/aromatic N) is 2. The molecule has 0 aromatic heterocycles. The predicted molar refractivity (Wildman–Crippen MR) is 114 cm³/mol. The van der Waals surface area contributed by atoms with Crippen LogP contribution >= 0.6 is 0 Å². The first kappa shape index (κ1) is 19.4. The molecule has 0 fully saturated rings. The highest BCUT2D eigenvalue weighted by Crippen LogP contribution is 2.24. The molecule has 3 aromatic rings. The van der Waals surface area contributed by atoms with E-state index in [1.807, 2.05) is 54.6 Å². The molecule has 3 aromatic carbocycles. The van der Waals surface area contributed by atoms with Crippen LogP contribution in [0.2, 0.25) is 0 Å². The Bertz CT molecular complexity index is 933. The largest absolute Gasteiger partial charge is 0.372 e. The Kier molecular flexibility index (Phi) is 6.58. The number of hydrogen-bond acceptors (Lipinski definition) is 4. The van der Waals surface area contributed by atoms with Crippen LogP contribution in [0.5, 0.6) is 0 Å². The van der Waals surface area contributed by atoms with E-state index in [0.717, 1.165) is 29.9 Å². The third kappa shape index (κ3) is 4.46. The van der Waals surface area contributed by atoms with E-state index in [0.29, 0.717) is 11.3 Å². The van der Waals surface area contributed by atoms with Crippen LogP contribution in [0.3, 0.4) is 0 Å². The summed E-state index contributed by atoms with van der Waals surface area (Å²) < 4.78 is 0. The van der Waals surface area contributed by atoms with Crippen molar-refractivity contribution in [3.8, 4) is 0 Å². The minimum Gasteiger partial charge on any atom is -0.372 e. The average Bonchev–Trinajstić information content (AvgIpc) is 2.77. The molecule has 0 aliphatic heterocycles. The van der Waals surface area contributed by atoms with E-state index in [2.05, 4.69) is 30.0 Å². The lowest BCUT2D eigenvalue weighted by atomic mass is 10.00. The SMILES string of the molecule is CCN(CC)c1ccccc1C(=NOC(=O)c1ccccc1)c1ccccc1. The normalized spacial score (nSPS) is 11.1. The van der Waals surface area contributed by atoms with Crippen LogP contribution in [0.4, 0.5) is 5.69 Å². The van der Waals surface area contributed by atoms with Gasteiger partial charge in [-0.25, -0.2) is 4.79 Å². The molecule has 28 heavy (non-hydrogen) atoms. The summed E-state index contributed by atoms with van der Waals surface area (Å²) >= 11 is 0. The highest BCUT2D eigenvalue weighted by atomic mass is 16.7. The van der Waals surface area contributed by atoms with Gasteiger partial charge in [-0.15, -0.1) is 0 Å². The second-order valence-corrected chi connectivity index (χ2v) is 6.24. The molecule has 0 amide bonds. The molecule has 0 saturated carbocycles. The van der Waals surface area contributed by atoms with Crippen LogP contribution in [0, 0.1) is 0 Å². The van der Waals surface area contributed by atoms with E-state index in [1.165, 1.54) is 0 Å². The van der Waals surface area contributed by atoms with Crippen molar-refractivity contribution in [2.24, 2.45) is 5.16 Å². The van der Waals surface area contributed by atoms with E-state index >= 15 is 0 Å². The van der Waals surface area contributed by atoms with Gasteiger partial charge in [-0.1, -0.05) is 71.9 Å². The molecule has 0 atom stereocenters. The molecule has 0 bridgehead atoms. The van der Waals surface area contributed by atoms with Crippen molar-refractivity contribution in [3.05, 3.63) is 102 Å². The van der Waals surface area contributed by atoms with Crippen molar-refractivity contribution in [1.29, 1.82) is 0 Å². The monoisotopic (exact) mass is 372 g/mol. The van der Waals surface area contributed by atoms with Crippen molar-refractivity contribution < 1.29 is 9.63 Å². The van der Waals surface area contributed by atoms with E-state index in [4.69, 9.17) is 4.84 Å². The molecule has 0 aliphatic carbocycles. The van der Waals surface area contributed by atoms with Gasteiger partial charge in [0.2, 0.25) is 0 Å². The maximum atomic E-state index is 12.4. The number of carbonyl (C=O) groups is 1. The standard InChI is InChI=1S/C24H24N2O2/c1-3-26(4-2)22-18-12-11-17-21(22)23(19-13-7-5-8-14-19)25-28-24(27)20-15-9-6-10-16-20/h5-18H,3-4H2,1-2H3. The highest BCUT2D eigenvalue weighted by molar-refractivity contribution is 6.16. The molecular weight excluding hydrogens is 348 g/mol. The van der Waals surface area contributed by atoms with Crippen LogP contribution in [0.25, 0.3) is 0 Å². The van der Waals surface area contributed by atoms with Crippen molar-refractivity contribution in [1.82, 2.24) is 0 Å². The second kappa shape index (κ2) is 9.51. The fourth-order valence-corrected chi connectivity index (χ4v) is 3.08. The zero-order chi connectivity index (χ0) is 19.8. The summed E-state index contributed by atoms with van der Waals surface area (Å²) in [5.41, 5.74) is 3.98. The molecule has 4 heteroatoms. The summed E-state index contributed by atoms with van der Waals surface area (Å²) in [6.45, 7) is 5.99. The Hall–Kier alpha value is -3.40. The summed E-state index contributed by atoms with van der Waals surface area (Å²) in [6.07, 6.45) is 0. The first-order valence-electron chi connectivity index (χ1n) is 9.48. The summed E-state index contributed by atoms with van der Waals surface area (Å²) in [7, 11) is 0. The van der Waals surface area contributed by atoms with Crippen molar-refractivity contribution in [2.75, 3.05) is 18.0 Å². The predicted octanol–water partition coefficient (Wildman–Crippen LogP) is 5.14. The summed E-state index contributed by atoms with van der Waals surface area (Å²) in [5, 5.41) is 4.29. The summed E-state index contributed by atoms with van der Waals surface area (Å²) in [5.74, 6) is -0.477. The number of anilines is 1. The summed E-state index contributed by atoms with van der Waals surface area (Å²) in [6, 6.07) is 26.7. The van der Waals surface area contributed by atoms with Gasteiger partial charge in [-0.05, 0) is 32.0 Å². The second-order valence-electron chi connectivity index (χ2n) is 6.24. The lowest BCUT2D eigenvalue weighted by Gasteiger charge is -2.24. The molecule has 142 valence electrons. The van der Waals surface area contributed by atoms with Crippen LogP contribution in [-0.4, -0.2) is 24.8 Å². The van der Waals surface area contributed by atoms with E-state index in [-0.39, 0.29) is 0 Å². The van der Waals surface area contributed by atoms with Crippen molar-refractivity contribution >= 4 is 17.4 Å². The smallest absolute Gasteiger partial charge is 0.365 e. The van der Waals surface area contributed by atoms with Gasteiger partial charge in [-0.2, -0.15) is 0 Å². The first-order valence-corrected chi connectivity index (χ1v) is 9.48. The van der Waals surface area contributed by atoms with Gasteiger partial charge in [0.15, 0.2) is 0 Å². The number of para-hydroxylation sites is 1. The number of oxime groups is 1. The maximum absolute atomic E-state index is 12.4. The van der Waals surface area contributed by atoms with Crippen LogP contribution in [0.1, 0.15) is 35.3 Å². The number of hydrogen-bond donors (Lipinski definition) is 0. The fraction of sp³-hybridized carbons (Fsp3) is 0.167. The summed E-state index contributed by atoms with van der Waals surface area (Å²) in [4.78, 5) is 20.0. The Morgan fingerprint density at radius 2 is 1.32 bits per heavy atom. The molecular formula is C24H24N2O2. The zero-order valence-corrected chi connectivity index (χ0v) is 16.2. The van der Waals surface area contributed by atoms with Gasteiger partial charge in [0.05, 0.1) is 5.56 Å². The average molecular weight is 372 g/mol. The van der Waals surface area contributed by atoms with Crippen LogP contribution in [0.15, 0.2) is 90.1 Å². The minimum absolute atomic E-state index is 0.468. The molecule has 0 radical (unpaired) electrons. The third-order valence-corrected chi connectivity index (χ3v) is 4.54. The molecule has 3 rings (SSSR count). The Labute approximate surface area is 166 Å². The molecule has 0 aliphatic rings. The third-order valence-electron chi connectivity index (χ3n) is 4.54. The lowest BCUT2D eigenvalue weighted by molar-refractivity contribution is 0.0517. The Morgan fingerprint density at radius 3 is 1.93 bits per heavy atom. The van der Waals surface area contributed by atoms with Crippen molar-refractivity contribution in [3.63, 3.8) is 0 Å². The number of carbonyl (C=O) groups excluding carboxylic acids is 1. The first-order chi connectivity index (χ1) is 13.7. The Morgan fingerprint density at radius 1 is 0.786 bits per heavy atom. The molecule has 0 N–H and O–H groups in total. The molecule has 0 saturated heterocycles. The molecule has 4 nitrogen and oxygen atoms in total. The molecule has 0 heterocycles. The van der Waals surface area contributed by atoms with Gasteiger partial charge in [0.25, 0.3) is 0 Å². The minimum atomic E-state index is -0.477. The molecule has 0 unspecified atom stereocenters. The molecule has 0 spiro atoms. The van der Waals surface area contributed by atoms with E-state index < -0.39 is 5.97 Å². The number of benzene rings is 3. The van der Waals surface area contributed by atoms with Crippen LogP contribution in [-0.2, 0) is 4.84 Å². The van der Waals surface area contributed by atoms with Gasteiger partial charge in [-0.3, -0.25) is 0 Å². The lowest BCUT2D eigenvalue weighted by Crippen LogP contribution is -2.24. The number of rotatable bonds is 7. The van der Waals surface area contributed by atoms with E-state index in [1.54, 1.807) is 24.3 Å². The van der Waals surface area contributed by atoms with Gasteiger partial charge < -0.3 is 9.74 Å². The van der Waals surface area contributed by atoms with Crippen molar-refractivity contribution in [2.45, 2.75) is 13.8 Å². The fourth-order valence-electron chi connectivity index (χ4n) is 3.08. The van der Waals surface area contributed by atoms with Crippen LogP contribution < -0.4 is 4.90 Å². The van der Waals surface area contributed by atoms with Gasteiger partial charge in [0, 0.05) is 29.9 Å².